The Morgan fingerprint density at radius 1 is 1.15 bits per heavy atom. The number of aromatic nitrogens is 1. The van der Waals surface area contributed by atoms with Crippen molar-refractivity contribution in [3.8, 4) is 0 Å². The number of thiazole rings is 1. The molecule has 26 heavy (non-hydrogen) atoms. The highest BCUT2D eigenvalue weighted by molar-refractivity contribution is 7.17. The van der Waals surface area contributed by atoms with Crippen molar-refractivity contribution in [1.82, 2.24) is 10.3 Å². The minimum absolute atomic E-state index is 0.220. The lowest BCUT2D eigenvalue weighted by molar-refractivity contribution is 0.0967. The number of anilines is 3. The van der Waals surface area contributed by atoms with E-state index in [4.69, 9.17) is 0 Å². The second-order valence-electron chi connectivity index (χ2n) is 6.26. The Balaban J connectivity index is 1.70. The van der Waals surface area contributed by atoms with Crippen LogP contribution in [0.3, 0.4) is 0 Å². The third-order valence-electron chi connectivity index (χ3n) is 4.28. The smallest absolute Gasteiger partial charge is 0.325 e. The summed E-state index contributed by atoms with van der Waals surface area (Å²) in [5, 5.41) is 8.52. The van der Waals surface area contributed by atoms with Crippen molar-refractivity contribution in [2.75, 3.05) is 35.7 Å². The summed E-state index contributed by atoms with van der Waals surface area (Å²) < 4.78 is 0. The van der Waals surface area contributed by atoms with Gasteiger partial charge < -0.3 is 15.5 Å². The van der Waals surface area contributed by atoms with E-state index in [2.05, 4.69) is 31.9 Å². The monoisotopic (exact) mass is 373 g/mol. The summed E-state index contributed by atoms with van der Waals surface area (Å²) in [6, 6.07) is 5.64. The molecule has 3 amide bonds. The Hall–Kier alpha value is -2.61. The van der Waals surface area contributed by atoms with Crippen molar-refractivity contribution < 1.29 is 9.59 Å². The van der Waals surface area contributed by atoms with Crippen LogP contribution in [0, 0.1) is 6.92 Å². The van der Waals surface area contributed by atoms with Crippen molar-refractivity contribution in [2.45, 2.75) is 26.2 Å². The van der Waals surface area contributed by atoms with Gasteiger partial charge in [-0.25, -0.2) is 9.78 Å². The molecule has 7 nitrogen and oxygen atoms in total. The van der Waals surface area contributed by atoms with Crippen molar-refractivity contribution in [1.29, 1.82) is 0 Å². The fraction of sp³-hybridized carbons (Fsp3) is 0.389. The van der Waals surface area contributed by atoms with E-state index < -0.39 is 0 Å². The number of benzene rings is 1. The predicted molar refractivity (Wildman–Crippen MR) is 105 cm³/mol. The third-order valence-corrected chi connectivity index (χ3v) is 5.19. The van der Waals surface area contributed by atoms with Gasteiger partial charge in [0.1, 0.15) is 4.88 Å². The molecule has 1 aliphatic heterocycles. The molecular weight excluding hydrogens is 350 g/mol. The number of carbonyl (C=O) groups is 2. The highest BCUT2D eigenvalue weighted by Crippen LogP contribution is 2.30. The molecule has 3 rings (SSSR count). The highest BCUT2D eigenvalue weighted by atomic mass is 32.1. The number of carbonyl (C=O) groups excluding carboxylic acids is 2. The fourth-order valence-corrected chi connectivity index (χ4v) is 3.71. The lowest BCUT2D eigenvalue weighted by atomic mass is 10.1. The molecule has 8 heteroatoms. The van der Waals surface area contributed by atoms with Crippen LogP contribution < -0.4 is 20.9 Å². The molecule has 138 valence electrons. The van der Waals surface area contributed by atoms with Crippen molar-refractivity contribution in [3.63, 3.8) is 0 Å². The Kier molecular flexibility index (Phi) is 5.72. The van der Waals surface area contributed by atoms with E-state index in [1.165, 1.54) is 25.5 Å². The SMILES string of the molecule is CNC(=O)c1cnc(NC(=O)Nc2ccc(C)cc2N2CCCCC2)s1. The van der Waals surface area contributed by atoms with Crippen molar-refractivity contribution >= 4 is 39.8 Å². The molecule has 0 unspecified atom stereocenters. The zero-order valence-electron chi connectivity index (χ0n) is 15.0. The van der Waals surface area contributed by atoms with Crippen LogP contribution in [0.2, 0.25) is 0 Å². The predicted octanol–water partition coefficient (Wildman–Crippen LogP) is 3.45. The van der Waals surface area contributed by atoms with Gasteiger partial charge in [-0.15, -0.1) is 0 Å². The minimum atomic E-state index is -0.370. The summed E-state index contributed by atoms with van der Waals surface area (Å²) in [5.41, 5.74) is 2.98. The van der Waals surface area contributed by atoms with Crippen molar-refractivity contribution in [3.05, 3.63) is 34.8 Å². The zero-order chi connectivity index (χ0) is 18.5. The summed E-state index contributed by atoms with van der Waals surface area (Å²) in [7, 11) is 1.56. The highest BCUT2D eigenvalue weighted by Gasteiger charge is 2.17. The Morgan fingerprint density at radius 2 is 1.92 bits per heavy atom. The molecule has 1 aliphatic rings. The number of rotatable bonds is 4. The molecule has 0 bridgehead atoms. The van der Waals surface area contributed by atoms with Gasteiger partial charge in [0.2, 0.25) is 0 Å². The summed E-state index contributed by atoms with van der Waals surface area (Å²) in [6.45, 7) is 4.05. The van der Waals surface area contributed by atoms with Gasteiger partial charge in [0.05, 0.1) is 17.6 Å². The first kappa shape index (κ1) is 18.2. The van der Waals surface area contributed by atoms with Crippen LogP contribution in [0.4, 0.5) is 21.3 Å². The topological polar surface area (TPSA) is 86.4 Å². The first-order valence-electron chi connectivity index (χ1n) is 8.68. The van der Waals surface area contributed by atoms with Gasteiger partial charge in [-0.3, -0.25) is 10.1 Å². The standard InChI is InChI=1S/C18H23N5O2S/c1-12-6-7-13(14(10-12)23-8-4-3-5-9-23)21-17(25)22-18-20-11-15(26-18)16(24)19-2/h6-7,10-11H,3-5,8-9H2,1-2H3,(H,19,24)(H2,20,21,22,25). The van der Waals surface area contributed by atoms with Crippen LogP contribution in [0.5, 0.6) is 0 Å². The first-order chi connectivity index (χ1) is 12.6. The Labute approximate surface area is 156 Å². The summed E-state index contributed by atoms with van der Waals surface area (Å²) in [6.07, 6.45) is 5.04. The minimum Gasteiger partial charge on any atom is -0.370 e. The van der Waals surface area contributed by atoms with E-state index in [0.717, 1.165) is 41.4 Å². The Bertz CT molecular complexity index is 799. The van der Waals surface area contributed by atoms with Crippen LogP contribution in [-0.4, -0.2) is 37.1 Å². The number of nitrogens with one attached hydrogen (secondary N) is 3. The molecular formula is C18H23N5O2S. The summed E-state index contributed by atoms with van der Waals surface area (Å²) >= 11 is 1.13. The van der Waals surface area contributed by atoms with Gasteiger partial charge in [-0.2, -0.15) is 0 Å². The van der Waals surface area contributed by atoms with Gasteiger partial charge >= 0.3 is 6.03 Å². The second kappa shape index (κ2) is 8.18. The number of aryl methyl sites for hydroxylation is 1. The van der Waals surface area contributed by atoms with Crippen LogP contribution >= 0.6 is 11.3 Å². The molecule has 0 radical (unpaired) electrons. The van der Waals surface area contributed by atoms with Gasteiger partial charge in [0.25, 0.3) is 5.91 Å². The molecule has 0 atom stereocenters. The van der Waals surface area contributed by atoms with Crippen LogP contribution in [0.1, 0.15) is 34.5 Å². The number of nitrogens with zero attached hydrogens (tertiary/aromatic N) is 2. The average Bonchev–Trinajstić information content (AvgIpc) is 3.11. The quantitative estimate of drug-likeness (QED) is 0.766. The van der Waals surface area contributed by atoms with E-state index in [0.29, 0.717) is 10.0 Å². The molecule has 1 aromatic heterocycles. The maximum atomic E-state index is 12.4. The largest absolute Gasteiger partial charge is 0.370 e. The van der Waals surface area contributed by atoms with Gasteiger partial charge in [0.15, 0.2) is 5.13 Å². The number of hydrogen-bond acceptors (Lipinski definition) is 5. The van der Waals surface area contributed by atoms with E-state index in [1.54, 1.807) is 7.05 Å². The molecule has 2 heterocycles. The molecule has 0 saturated carbocycles. The van der Waals surface area contributed by atoms with E-state index in [9.17, 15) is 9.59 Å². The lowest BCUT2D eigenvalue weighted by Gasteiger charge is -2.30. The zero-order valence-corrected chi connectivity index (χ0v) is 15.8. The second-order valence-corrected chi connectivity index (χ2v) is 7.29. The first-order valence-corrected chi connectivity index (χ1v) is 9.50. The molecule has 0 aliphatic carbocycles. The number of urea groups is 1. The molecule has 1 aromatic carbocycles. The maximum Gasteiger partial charge on any atom is 0.325 e. The molecule has 1 saturated heterocycles. The average molecular weight is 373 g/mol. The molecule has 3 N–H and O–H groups in total. The number of amides is 3. The molecule has 1 fully saturated rings. The van der Waals surface area contributed by atoms with Crippen LogP contribution in [-0.2, 0) is 0 Å². The molecule has 0 spiro atoms. The summed E-state index contributed by atoms with van der Waals surface area (Å²) in [4.78, 5) is 30.8. The van der Waals surface area contributed by atoms with Gasteiger partial charge in [0, 0.05) is 20.1 Å². The normalized spacial score (nSPS) is 14.0. The van der Waals surface area contributed by atoms with E-state index in [-0.39, 0.29) is 11.9 Å². The van der Waals surface area contributed by atoms with E-state index in [1.807, 2.05) is 19.1 Å². The van der Waals surface area contributed by atoms with Crippen LogP contribution in [0.15, 0.2) is 24.4 Å². The van der Waals surface area contributed by atoms with Gasteiger partial charge in [-0.05, 0) is 43.9 Å². The Morgan fingerprint density at radius 3 is 2.65 bits per heavy atom. The maximum absolute atomic E-state index is 12.4. The lowest BCUT2D eigenvalue weighted by Crippen LogP contribution is -2.31. The van der Waals surface area contributed by atoms with Crippen LogP contribution in [0.25, 0.3) is 0 Å². The molecule has 2 aromatic rings. The summed E-state index contributed by atoms with van der Waals surface area (Å²) in [5.74, 6) is -0.220. The van der Waals surface area contributed by atoms with Crippen molar-refractivity contribution in [2.24, 2.45) is 0 Å². The number of hydrogen-bond donors (Lipinski definition) is 3. The third kappa shape index (κ3) is 4.32. The van der Waals surface area contributed by atoms with Gasteiger partial charge in [-0.1, -0.05) is 17.4 Å². The number of piperidine rings is 1. The fourth-order valence-electron chi connectivity index (χ4n) is 2.95. The van der Waals surface area contributed by atoms with E-state index >= 15 is 0 Å².